The van der Waals surface area contributed by atoms with Gasteiger partial charge in [-0.3, -0.25) is 4.68 Å². The van der Waals surface area contributed by atoms with Crippen LogP contribution in [0.25, 0.3) is 0 Å². The minimum absolute atomic E-state index is 0.0992. The van der Waals surface area contributed by atoms with Crippen molar-refractivity contribution in [1.82, 2.24) is 15.1 Å². The molecule has 1 heterocycles. The van der Waals surface area contributed by atoms with Crippen LogP contribution in [0.15, 0.2) is 30.3 Å². The molecule has 0 aliphatic rings. The number of aliphatic hydroxyl groups excluding tert-OH is 1. The Labute approximate surface area is 120 Å². The van der Waals surface area contributed by atoms with Crippen molar-refractivity contribution in [2.45, 2.75) is 46.5 Å². The van der Waals surface area contributed by atoms with Crippen molar-refractivity contribution in [3.05, 3.63) is 52.8 Å². The van der Waals surface area contributed by atoms with Gasteiger partial charge < -0.3 is 10.4 Å². The van der Waals surface area contributed by atoms with Crippen LogP contribution < -0.4 is 5.32 Å². The summed E-state index contributed by atoms with van der Waals surface area (Å²) in [6, 6.07) is 10.5. The summed E-state index contributed by atoms with van der Waals surface area (Å²) in [5.74, 6) is 0. The maximum Gasteiger partial charge on any atom is 0.0681 e. The third-order valence-electron chi connectivity index (χ3n) is 3.41. The number of aryl methyl sites for hydroxylation is 2. The minimum atomic E-state index is 0.0992. The molecule has 0 spiro atoms. The maximum absolute atomic E-state index is 9.01. The first-order chi connectivity index (χ1) is 9.58. The Kier molecular flexibility index (Phi) is 4.93. The summed E-state index contributed by atoms with van der Waals surface area (Å²) in [5.41, 5.74) is 4.43. The van der Waals surface area contributed by atoms with Gasteiger partial charge in [-0.2, -0.15) is 5.10 Å². The third-order valence-corrected chi connectivity index (χ3v) is 3.41. The van der Waals surface area contributed by atoms with Crippen molar-refractivity contribution in [2.24, 2.45) is 0 Å². The SMILES string of the molecule is Cc1cc(C)n(CC(C)NCc2ccc(CO)cc2)n1. The maximum atomic E-state index is 9.01. The molecule has 0 fully saturated rings. The lowest BCUT2D eigenvalue weighted by atomic mass is 10.1. The second kappa shape index (κ2) is 6.68. The third kappa shape index (κ3) is 3.92. The van der Waals surface area contributed by atoms with Gasteiger partial charge in [0.25, 0.3) is 0 Å². The van der Waals surface area contributed by atoms with Crippen LogP contribution in [0.2, 0.25) is 0 Å². The quantitative estimate of drug-likeness (QED) is 0.848. The van der Waals surface area contributed by atoms with Crippen LogP contribution in [0.3, 0.4) is 0 Å². The molecule has 0 aliphatic heterocycles. The molecule has 1 atom stereocenters. The smallest absolute Gasteiger partial charge is 0.0681 e. The van der Waals surface area contributed by atoms with Crippen LogP contribution in [0.4, 0.5) is 0 Å². The molecule has 20 heavy (non-hydrogen) atoms. The first-order valence-corrected chi connectivity index (χ1v) is 7.01. The normalized spacial score (nSPS) is 12.6. The van der Waals surface area contributed by atoms with E-state index in [4.69, 9.17) is 5.11 Å². The van der Waals surface area contributed by atoms with Gasteiger partial charge in [-0.15, -0.1) is 0 Å². The van der Waals surface area contributed by atoms with E-state index in [2.05, 4.69) is 42.5 Å². The molecule has 1 aromatic heterocycles. The van der Waals surface area contributed by atoms with Crippen LogP contribution in [-0.2, 0) is 19.7 Å². The van der Waals surface area contributed by atoms with E-state index in [0.29, 0.717) is 6.04 Å². The van der Waals surface area contributed by atoms with Gasteiger partial charge in [-0.05, 0) is 38.0 Å². The van der Waals surface area contributed by atoms with E-state index in [1.54, 1.807) is 0 Å². The van der Waals surface area contributed by atoms with E-state index in [1.165, 1.54) is 11.3 Å². The van der Waals surface area contributed by atoms with Gasteiger partial charge in [0.15, 0.2) is 0 Å². The van der Waals surface area contributed by atoms with E-state index in [9.17, 15) is 0 Å². The molecule has 1 unspecified atom stereocenters. The molecule has 0 radical (unpaired) electrons. The number of benzene rings is 1. The lowest BCUT2D eigenvalue weighted by molar-refractivity contribution is 0.282. The molecule has 0 aliphatic carbocycles. The van der Waals surface area contributed by atoms with Crippen LogP contribution in [0.5, 0.6) is 0 Å². The number of hydrogen-bond acceptors (Lipinski definition) is 3. The fourth-order valence-electron chi connectivity index (χ4n) is 2.24. The predicted molar refractivity (Wildman–Crippen MR) is 80.4 cm³/mol. The first-order valence-electron chi connectivity index (χ1n) is 7.01. The second-order valence-corrected chi connectivity index (χ2v) is 5.37. The fraction of sp³-hybridized carbons (Fsp3) is 0.438. The molecule has 0 saturated heterocycles. The Balaban J connectivity index is 1.85. The summed E-state index contributed by atoms with van der Waals surface area (Å²) in [6.07, 6.45) is 0. The van der Waals surface area contributed by atoms with E-state index < -0.39 is 0 Å². The highest BCUT2D eigenvalue weighted by Crippen LogP contribution is 2.06. The van der Waals surface area contributed by atoms with Crippen LogP contribution in [0, 0.1) is 13.8 Å². The molecular formula is C16H23N3O. The zero-order valence-corrected chi connectivity index (χ0v) is 12.4. The Morgan fingerprint density at radius 1 is 1.20 bits per heavy atom. The minimum Gasteiger partial charge on any atom is -0.392 e. The summed E-state index contributed by atoms with van der Waals surface area (Å²) >= 11 is 0. The Morgan fingerprint density at radius 2 is 1.85 bits per heavy atom. The monoisotopic (exact) mass is 273 g/mol. The predicted octanol–water partition coefficient (Wildman–Crippen LogP) is 2.17. The van der Waals surface area contributed by atoms with Gasteiger partial charge >= 0.3 is 0 Å². The highest BCUT2D eigenvalue weighted by Gasteiger charge is 2.06. The van der Waals surface area contributed by atoms with Gasteiger partial charge in [0.05, 0.1) is 18.8 Å². The van der Waals surface area contributed by atoms with Crippen molar-refractivity contribution >= 4 is 0 Å². The number of nitrogens with one attached hydrogen (secondary N) is 1. The molecule has 4 heteroatoms. The molecule has 4 nitrogen and oxygen atoms in total. The van der Waals surface area contributed by atoms with E-state index in [-0.39, 0.29) is 6.61 Å². The topological polar surface area (TPSA) is 50.1 Å². The van der Waals surface area contributed by atoms with Crippen LogP contribution in [0.1, 0.15) is 29.4 Å². The standard InChI is InChI=1S/C16H23N3O/c1-12-8-14(3)19(18-12)10-13(2)17-9-15-4-6-16(11-20)7-5-15/h4-8,13,17,20H,9-11H2,1-3H3. The van der Waals surface area contributed by atoms with Crippen molar-refractivity contribution in [3.63, 3.8) is 0 Å². The zero-order valence-electron chi connectivity index (χ0n) is 12.4. The second-order valence-electron chi connectivity index (χ2n) is 5.37. The summed E-state index contributed by atoms with van der Waals surface area (Å²) < 4.78 is 2.04. The summed E-state index contributed by atoms with van der Waals surface area (Å²) in [5, 5.41) is 17.0. The lowest BCUT2D eigenvalue weighted by Gasteiger charge is -2.15. The van der Waals surface area contributed by atoms with Gasteiger partial charge in [0, 0.05) is 18.3 Å². The highest BCUT2D eigenvalue weighted by molar-refractivity contribution is 5.21. The summed E-state index contributed by atoms with van der Waals surface area (Å²) in [7, 11) is 0. The van der Waals surface area contributed by atoms with E-state index >= 15 is 0 Å². The lowest BCUT2D eigenvalue weighted by Crippen LogP contribution is -2.30. The van der Waals surface area contributed by atoms with E-state index in [0.717, 1.165) is 24.3 Å². The number of rotatable bonds is 6. The Morgan fingerprint density at radius 3 is 2.40 bits per heavy atom. The van der Waals surface area contributed by atoms with Crippen molar-refractivity contribution in [3.8, 4) is 0 Å². The van der Waals surface area contributed by atoms with Gasteiger partial charge in [-0.25, -0.2) is 0 Å². The molecule has 1 aromatic carbocycles. The van der Waals surface area contributed by atoms with Crippen LogP contribution in [-0.4, -0.2) is 20.9 Å². The number of hydrogen-bond donors (Lipinski definition) is 2. The fourth-order valence-corrected chi connectivity index (χ4v) is 2.24. The zero-order chi connectivity index (χ0) is 14.5. The Bertz CT molecular complexity index is 545. The molecule has 0 amide bonds. The molecule has 108 valence electrons. The number of nitrogens with zero attached hydrogens (tertiary/aromatic N) is 2. The number of aromatic nitrogens is 2. The summed E-state index contributed by atoms with van der Waals surface area (Å²) in [6.45, 7) is 8.06. The van der Waals surface area contributed by atoms with E-state index in [1.807, 2.05) is 23.7 Å². The largest absolute Gasteiger partial charge is 0.392 e. The number of aliphatic hydroxyl groups is 1. The van der Waals surface area contributed by atoms with Crippen molar-refractivity contribution < 1.29 is 5.11 Å². The molecule has 2 aromatic rings. The van der Waals surface area contributed by atoms with Crippen LogP contribution >= 0.6 is 0 Å². The first kappa shape index (κ1) is 14.8. The highest BCUT2D eigenvalue weighted by atomic mass is 16.3. The van der Waals surface area contributed by atoms with Gasteiger partial charge in [0.1, 0.15) is 0 Å². The molecule has 0 saturated carbocycles. The average Bonchev–Trinajstić information content (AvgIpc) is 2.75. The molecule has 2 rings (SSSR count). The molecule has 0 bridgehead atoms. The van der Waals surface area contributed by atoms with Crippen molar-refractivity contribution in [2.75, 3.05) is 0 Å². The molecular weight excluding hydrogens is 250 g/mol. The average molecular weight is 273 g/mol. The van der Waals surface area contributed by atoms with Gasteiger partial charge in [0.2, 0.25) is 0 Å². The Hall–Kier alpha value is -1.65. The van der Waals surface area contributed by atoms with Gasteiger partial charge in [-0.1, -0.05) is 24.3 Å². The summed E-state index contributed by atoms with van der Waals surface area (Å²) in [4.78, 5) is 0. The molecule has 2 N–H and O–H groups in total. The van der Waals surface area contributed by atoms with Crippen molar-refractivity contribution in [1.29, 1.82) is 0 Å².